The van der Waals surface area contributed by atoms with E-state index in [0.29, 0.717) is 19.4 Å². The summed E-state index contributed by atoms with van der Waals surface area (Å²) < 4.78 is 32.4. The Labute approximate surface area is 125 Å². The predicted molar refractivity (Wildman–Crippen MR) is 80.4 cm³/mol. The lowest BCUT2D eigenvalue weighted by molar-refractivity contribution is 0.480. The van der Waals surface area contributed by atoms with Crippen LogP contribution in [0.4, 0.5) is 0 Å². The Balaban J connectivity index is 1.92. The quantitative estimate of drug-likeness (QED) is 0.691. The molecule has 0 radical (unpaired) electrons. The minimum atomic E-state index is -3.49. The molecule has 0 saturated carbocycles. The molecular formula is C14H21N3O3S. The first-order chi connectivity index (χ1) is 10.0. The fraction of sp³-hybridized carbons (Fsp3) is 0.429. The van der Waals surface area contributed by atoms with Crippen molar-refractivity contribution in [3.63, 3.8) is 0 Å². The van der Waals surface area contributed by atoms with Crippen LogP contribution in [0, 0.1) is 0 Å². The minimum absolute atomic E-state index is 0.164. The third kappa shape index (κ3) is 4.45. The molecule has 2 heterocycles. The van der Waals surface area contributed by atoms with Crippen LogP contribution in [-0.2, 0) is 23.0 Å². The summed E-state index contributed by atoms with van der Waals surface area (Å²) in [7, 11) is -1.68. The highest BCUT2D eigenvalue weighted by Crippen LogP contribution is 2.13. The summed E-state index contributed by atoms with van der Waals surface area (Å²) in [5.41, 5.74) is 0.834. The van der Waals surface area contributed by atoms with Gasteiger partial charge in [0.1, 0.15) is 5.76 Å². The number of aromatic amines is 1. The standard InChI is InChI=1S/C14H21N3O3S/c1-11(5-6-13-4-3-7-20-13)17-21(18,19)14-8-12(9-15-2)16-10-14/h3-4,7-8,10-11,15-17H,5-6,9H2,1-2H3. The van der Waals surface area contributed by atoms with Crippen molar-refractivity contribution in [2.24, 2.45) is 0 Å². The van der Waals surface area contributed by atoms with Crippen molar-refractivity contribution in [1.29, 1.82) is 0 Å². The maximum atomic E-state index is 12.2. The molecule has 0 amide bonds. The van der Waals surface area contributed by atoms with Gasteiger partial charge in [0.2, 0.25) is 10.0 Å². The molecular weight excluding hydrogens is 290 g/mol. The van der Waals surface area contributed by atoms with Gasteiger partial charge in [-0.05, 0) is 38.6 Å². The van der Waals surface area contributed by atoms with Crippen molar-refractivity contribution in [3.8, 4) is 0 Å². The second kappa shape index (κ2) is 6.93. The highest BCUT2D eigenvalue weighted by atomic mass is 32.2. The van der Waals surface area contributed by atoms with Crippen LogP contribution < -0.4 is 10.0 Å². The normalized spacial score (nSPS) is 13.4. The number of aryl methyl sites for hydroxylation is 1. The van der Waals surface area contributed by atoms with Crippen molar-refractivity contribution in [1.82, 2.24) is 15.0 Å². The highest BCUT2D eigenvalue weighted by molar-refractivity contribution is 7.89. The molecule has 0 fully saturated rings. The highest BCUT2D eigenvalue weighted by Gasteiger charge is 2.19. The third-order valence-corrected chi connectivity index (χ3v) is 4.72. The van der Waals surface area contributed by atoms with Gasteiger partial charge in [-0.15, -0.1) is 0 Å². The fourth-order valence-corrected chi connectivity index (χ4v) is 3.37. The SMILES string of the molecule is CNCc1cc(S(=O)(=O)NC(C)CCc2ccco2)c[nH]1. The van der Waals surface area contributed by atoms with Crippen LogP contribution in [-0.4, -0.2) is 26.5 Å². The molecule has 1 atom stereocenters. The van der Waals surface area contributed by atoms with E-state index >= 15 is 0 Å². The van der Waals surface area contributed by atoms with E-state index in [2.05, 4.69) is 15.0 Å². The Morgan fingerprint density at radius 2 is 2.24 bits per heavy atom. The number of aromatic nitrogens is 1. The molecule has 2 rings (SSSR count). The van der Waals surface area contributed by atoms with Crippen molar-refractivity contribution in [2.75, 3.05) is 7.05 Å². The first-order valence-electron chi connectivity index (χ1n) is 6.88. The maximum absolute atomic E-state index is 12.2. The number of sulfonamides is 1. The third-order valence-electron chi connectivity index (χ3n) is 3.15. The number of hydrogen-bond donors (Lipinski definition) is 3. The van der Waals surface area contributed by atoms with E-state index in [9.17, 15) is 8.42 Å². The van der Waals surface area contributed by atoms with Gasteiger partial charge in [0.25, 0.3) is 0 Å². The molecule has 0 aliphatic rings. The van der Waals surface area contributed by atoms with E-state index in [4.69, 9.17) is 4.42 Å². The van der Waals surface area contributed by atoms with Crippen LogP contribution in [0.5, 0.6) is 0 Å². The van der Waals surface area contributed by atoms with Crippen molar-refractivity contribution >= 4 is 10.0 Å². The molecule has 21 heavy (non-hydrogen) atoms. The van der Waals surface area contributed by atoms with Gasteiger partial charge in [0.15, 0.2) is 0 Å². The second-order valence-electron chi connectivity index (χ2n) is 5.03. The van der Waals surface area contributed by atoms with Gasteiger partial charge in [-0.1, -0.05) is 0 Å². The summed E-state index contributed by atoms with van der Waals surface area (Å²) in [5.74, 6) is 0.860. The van der Waals surface area contributed by atoms with Crippen LogP contribution in [0.25, 0.3) is 0 Å². The molecule has 2 aromatic rings. The summed E-state index contributed by atoms with van der Waals surface area (Å²) >= 11 is 0. The molecule has 0 aliphatic carbocycles. The van der Waals surface area contributed by atoms with Crippen molar-refractivity contribution in [3.05, 3.63) is 42.1 Å². The molecule has 0 aliphatic heterocycles. The number of hydrogen-bond acceptors (Lipinski definition) is 4. The van der Waals surface area contributed by atoms with Crippen molar-refractivity contribution in [2.45, 2.75) is 37.2 Å². The Hall–Kier alpha value is -1.57. The molecule has 0 aromatic carbocycles. The van der Waals surface area contributed by atoms with Crippen molar-refractivity contribution < 1.29 is 12.8 Å². The predicted octanol–water partition coefficient (Wildman–Crippen LogP) is 1.63. The van der Waals surface area contributed by atoms with E-state index in [1.54, 1.807) is 12.3 Å². The summed E-state index contributed by atoms with van der Waals surface area (Å²) in [5, 5.41) is 2.97. The Morgan fingerprint density at radius 1 is 1.43 bits per heavy atom. The van der Waals surface area contributed by atoms with Crippen LogP contribution in [0.3, 0.4) is 0 Å². The van der Waals surface area contributed by atoms with Gasteiger partial charge in [-0.25, -0.2) is 13.1 Å². The molecule has 0 spiro atoms. The van der Waals surface area contributed by atoms with Gasteiger partial charge in [0.05, 0.1) is 11.2 Å². The molecule has 6 nitrogen and oxygen atoms in total. The zero-order valence-corrected chi connectivity index (χ0v) is 13.0. The maximum Gasteiger partial charge on any atom is 0.242 e. The smallest absolute Gasteiger partial charge is 0.242 e. The second-order valence-corrected chi connectivity index (χ2v) is 6.75. The molecule has 1 unspecified atom stereocenters. The zero-order chi connectivity index (χ0) is 15.3. The first kappa shape index (κ1) is 15.8. The fourth-order valence-electron chi connectivity index (χ4n) is 2.07. The average molecular weight is 311 g/mol. The van der Waals surface area contributed by atoms with Crippen LogP contribution in [0.15, 0.2) is 40.0 Å². The molecule has 116 valence electrons. The lowest BCUT2D eigenvalue weighted by atomic mass is 10.2. The number of H-pyrrole nitrogens is 1. The molecule has 3 N–H and O–H groups in total. The average Bonchev–Trinajstić information content (AvgIpc) is 3.07. The van der Waals surface area contributed by atoms with Gasteiger partial charge in [-0.3, -0.25) is 0 Å². The van der Waals surface area contributed by atoms with E-state index in [1.807, 2.05) is 26.1 Å². The number of rotatable bonds is 8. The van der Waals surface area contributed by atoms with Gasteiger partial charge >= 0.3 is 0 Å². The first-order valence-corrected chi connectivity index (χ1v) is 8.36. The van der Waals surface area contributed by atoms with Gasteiger partial charge in [0, 0.05) is 30.9 Å². The van der Waals surface area contributed by atoms with E-state index in [-0.39, 0.29) is 10.9 Å². The Morgan fingerprint density at radius 3 is 2.90 bits per heavy atom. The summed E-state index contributed by atoms with van der Waals surface area (Å²) in [6.45, 7) is 2.45. The number of furan rings is 1. The van der Waals surface area contributed by atoms with Crippen LogP contribution >= 0.6 is 0 Å². The molecule has 2 aromatic heterocycles. The zero-order valence-electron chi connectivity index (χ0n) is 12.2. The Bertz CT molecular complexity index is 647. The van der Waals surface area contributed by atoms with Gasteiger partial charge in [-0.2, -0.15) is 0 Å². The monoisotopic (exact) mass is 311 g/mol. The molecule has 0 saturated heterocycles. The minimum Gasteiger partial charge on any atom is -0.469 e. The molecule has 7 heteroatoms. The van der Waals surface area contributed by atoms with E-state index in [1.165, 1.54) is 6.20 Å². The summed E-state index contributed by atoms with van der Waals surface area (Å²) in [6, 6.07) is 5.19. The topological polar surface area (TPSA) is 87.1 Å². The van der Waals surface area contributed by atoms with E-state index < -0.39 is 10.0 Å². The van der Waals surface area contributed by atoms with E-state index in [0.717, 1.165) is 11.5 Å². The lowest BCUT2D eigenvalue weighted by Crippen LogP contribution is -2.32. The van der Waals surface area contributed by atoms with Crippen LogP contribution in [0.2, 0.25) is 0 Å². The summed E-state index contributed by atoms with van der Waals surface area (Å²) in [4.78, 5) is 3.21. The summed E-state index contributed by atoms with van der Waals surface area (Å²) in [6.07, 6.45) is 4.51. The van der Waals surface area contributed by atoms with Crippen LogP contribution in [0.1, 0.15) is 24.8 Å². The Kier molecular flexibility index (Phi) is 5.22. The number of nitrogens with one attached hydrogen (secondary N) is 3. The van der Waals surface area contributed by atoms with Gasteiger partial charge < -0.3 is 14.7 Å². The lowest BCUT2D eigenvalue weighted by Gasteiger charge is -2.12. The largest absolute Gasteiger partial charge is 0.469 e. The molecule has 0 bridgehead atoms.